The average Bonchev–Trinajstić information content (AvgIpc) is 2.74. The standard InChI is InChI=1S/C14H24BrN5O/c1-5-10-13(15)12(19(4)17-10)9-20-7-6-16-8-11(20)14(21)18(2)3/h11,16H,5-9H2,1-4H3. The molecule has 21 heavy (non-hydrogen) atoms. The van der Waals surface area contributed by atoms with Crippen LogP contribution in [-0.4, -0.2) is 65.3 Å². The summed E-state index contributed by atoms with van der Waals surface area (Å²) in [4.78, 5) is 16.2. The van der Waals surface area contributed by atoms with Crippen molar-refractivity contribution < 1.29 is 4.79 Å². The molecule has 1 atom stereocenters. The minimum absolute atomic E-state index is 0.111. The molecule has 7 heteroatoms. The van der Waals surface area contributed by atoms with Crippen molar-refractivity contribution >= 4 is 21.8 Å². The van der Waals surface area contributed by atoms with E-state index in [4.69, 9.17) is 0 Å². The molecule has 1 fully saturated rings. The molecule has 1 aliphatic heterocycles. The smallest absolute Gasteiger partial charge is 0.240 e. The Bertz CT molecular complexity index is 514. The van der Waals surface area contributed by atoms with Crippen LogP contribution < -0.4 is 5.32 Å². The van der Waals surface area contributed by atoms with E-state index in [0.29, 0.717) is 6.54 Å². The normalized spacial score (nSPS) is 19.8. The fourth-order valence-electron chi connectivity index (χ4n) is 2.66. The molecule has 0 saturated carbocycles. The Morgan fingerprint density at radius 3 is 2.81 bits per heavy atom. The van der Waals surface area contributed by atoms with Gasteiger partial charge in [-0.05, 0) is 22.4 Å². The van der Waals surface area contributed by atoms with E-state index in [2.05, 4.69) is 38.2 Å². The van der Waals surface area contributed by atoms with Gasteiger partial charge in [-0.3, -0.25) is 14.4 Å². The Balaban J connectivity index is 2.20. The molecule has 1 amide bonds. The first-order valence-electron chi connectivity index (χ1n) is 7.31. The lowest BCUT2D eigenvalue weighted by Gasteiger charge is -2.36. The third kappa shape index (κ3) is 3.46. The molecule has 0 spiro atoms. The van der Waals surface area contributed by atoms with Crippen LogP contribution in [0.15, 0.2) is 4.47 Å². The monoisotopic (exact) mass is 357 g/mol. The Morgan fingerprint density at radius 1 is 1.52 bits per heavy atom. The number of likely N-dealkylation sites (N-methyl/N-ethyl adjacent to an activating group) is 1. The quantitative estimate of drug-likeness (QED) is 0.857. The van der Waals surface area contributed by atoms with Crippen LogP contribution in [0.5, 0.6) is 0 Å². The van der Waals surface area contributed by atoms with Gasteiger partial charge in [0, 0.05) is 47.3 Å². The topological polar surface area (TPSA) is 53.4 Å². The van der Waals surface area contributed by atoms with Gasteiger partial charge in [0.25, 0.3) is 0 Å². The number of hydrogen-bond donors (Lipinski definition) is 1. The Kier molecular flexibility index (Phi) is 5.40. The lowest BCUT2D eigenvalue weighted by atomic mass is 10.1. The number of nitrogens with one attached hydrogen (secondary N) is 1. The summed E-state index contributed by atoms with van der Waals surface area (Å²) in [5.41, 5.74) is 2.20. The van der Waals surface area contributed by atoms with Crippen molar-refractivity contribution in [3.63, 3.8) is 0 Å². The van der Waals surface area contributed by atoms with Crippen LogP contribution in [0.2, 0.25) is 0 Å². The molecule has 0 aliphatic carbocycles. The molecular formula is C14H24BrN5O. The van der Waals surface area contributed by atoms with Gasteiger partial charge in [-0.2, -0.15) is 5.10 Å². The number of amides is 1. The molecule has 0 aromatic carbocycles. The number of aromatic nitrogens is 2. The summed E-state index contributed by atoms with van der Waals surface area (Å²) in [6, 6.07) is -0.111. The number of piperazine rings is 1. The summed E-state index contributed by atoms with van der Waals surface area (Å²) >= 11 is 3.65. The highest BCUT2D eigenvalue weighted by Crippen LogP contribution is 2.24. The minimum Gasteiger partial charge on any atom is -0.347 e. The van der Waals surface area contributed by atoms with Crippen molar-refractivity contribution in [2.24, 2.45) is 7.05 Å². The number of carbonyl (C=O) groups is 1. The van der Waals surface area contributed by atoms with Crippen molar-refractivity contribution in [1.29, 1.82) is 0 Å². The third-order valence-corrected chi connectivity index (χ3v) is 4.85. The van der Waals surface area contributed by atoms with E-state index in [1.54, 1.807) is 4.90 Å². The van der Waals surface area contributed by atoms with E-state index in [-0.39, 0.29) is 11.9 Å². The molecule has 1 aromatic rings. The zero-order chi connectivity index (χ0) is 15.6. The van der Waals surface area contributed by atoms with E-state index >= 15 is 0 Å². The van der Waals surface area contributed by atoms with E-state index in [0.717, 1.165) is 41.9 Å². The van der Waals surface area contributed by atoms with Gasteiger partial charge in [-0.1, -0.05) is 6.92 Å². The maximum absolute atomic E-state index is 12.3. The molecule has 1 aromatic heterocycles. The Labute approximate surface area is 134 Å². The summed E-state index contributed by atoms with van der Waals surface area (Å²) < 4.78 is 2.99. The molecule has 1 N–H and O–H groups in total. The summed E-state index contributed by atoms with van der Waals surface area (Å²) in [7, 11) is 5.58. The van der Waals surface area contributed by atoms with Crippen molar-refractivity contribution in [3.05, 3.63) is 15.9 Å². The number of carbonyl (C=O) groups excluding carboxylic acids is 1. The molecule has 0 bridgehead atoms. The zero-order valence-electron chi connectivity index (χ0n) is 13.2. The van der Waals surface area contributed by atoms with E-state index < -0.39 is 0 Å². The van der Waals surface area contributed by atoms with Crippen LogP contribution in [0.1, 0.15) is 18.3 Å². The third-order valence-electron chi connectivity index (χ3n) is 3.94. The number of rotatable bonds is 4. The van der Waals surface area contributed by atoms with Crippen molar-refractivity contribution in [2.75, 3.05) is 33.7 Å². The van der Waals surface area contributed by atoms with Crippen molar-refractivity contribution in [1.82, 2.24) is 24.9 Å². The maximum Gasteiger partial charge on any atom is 0.240 e. The largest absolute Gasteiger partial charge is 0.347 e. The molecule has 6 nitrogen and oxygen atoms in total. The van der Waals surface area contributed by atoms with Gasteiger partial charge in [-0.15, -0.1) is 0 Å². The maximum atomic E-state index is 12.3. The second-order valence-corrected chi connectivity index (χ2v) is 6.40. The average molecular weight is 358 g/mol. The van der Waals surface area contributed by atoms with Crippen LogP contribution in [0.3, 0.4) is 0 Å². The SMILES string of the molecule is CCc1nn(C)c(CN2CCNCC2C(=O)N(C)C)c1Br. The van der Waals surface area contributed by atoms with Crippen LogP contribution in [0, 0.1) is 0 Å². The van der Waals surface area contributed by atoms with Gasteiger partial charge >= 0.3 is 0 Å². The van der Waals surface area contributed by atoms with Gasteiger partial charge in [0.15, 0.2) is 0 Å². The highest BCUT2D eigenvalue weighted by molar-refractivity contribution is 9.10. The van der Waals surface area contributed by atoms with Crippen LogP contribution in [0.4, 0.5) is 0 Å². The van der Waals surface area contributed by atoms with Gasteiger partial charge in [0.1, 0.15) is 6.04 Å². The van der Waals surface area contributed by atoms with Crippen molar-refractivity contribution in [2.45, 2.75) is 25.9 Å². The molecule has 2 heterocycles. The van der Waals surface area contributed by atoms with Crippen LogP contribution >= 0.6 is 15.9 Å². The summed E-state index contributed by atoms with van der Waals surface area (Å²) in [6.07, 6.45) is 0.899. The van der Waals surface area contributed by atoms with Gasteiger partial charge in [0.2, 0.25) is 5.91 Å². The molecule has 1 aliphatic rings. The Hall–Kier alpha value is -0.920. The number of halogens is 1. The second kappa shape index (κ2) is 6.89. The van der Waals surface area contributed by atoms with Gasteiger partial charge < -0.3 is 10.2 Å². The zero-order valence-corrected chi connectivity index (χ0v) is 14.8. The van der Waals surface area contributed by atoms with E-state index in [1.807, 2.05) is 25.8 Å². The molecule has 1 saturated heterocycles. The summed E-state index contributed by atoms with van der Waals surface area (Å²) in [5.74, 6) is 0.149. The van der Waals surface area contributed by atoms with Crippen molar-refractivity contribution in [3.8, 4) is 0 Å². The molecule has 1 unspecified atom stereocenters. The number of aryl methyl sites for hydroxylation is 2. The minimum atomic E-state index is -0.111. The summed E-state index contributed by atoms with van der Waals surface area (Å²) in [5, 5.41) is 7.84. The molecule has 2 rings (SSSR count). The number of hydrogen-bond acceptors (Lipinski definition) is 4. The first-order chi connectivity index (χ1) is 9.95. The molecule has 118 valence electrons. The number of nitrogens with zero attached hydrogens (tertiary/aromatic N) is 4. The first kappa shape index (κ1) is 16.5. The first-order valence-corrected chi connectivity index (χ1v) is 8.11. The van der Waals surface area contributed by atoms with Crippen LogP contribution in [0.25, 0.3) is 0 Å². The summed E-state index contributed by atoms with van der Waals surface area (Å²) in [6.45, 7) is 5.31. The van der Waals surface area contributed by atoms with E-state index in [1.165, 1.54) is 0 Å². The fraction of sp³-hybridized carbons (Fsp3) is 0.714. The second-order valence-electron chi connectivity index (χ2n) is 5.61. The van der Waals surface area contributed by atoms with Gasteiger partial charge in [0.05, 0.1) is 15.9 Å². The lowest BCUT2D eigenvalue weighted by molar-refractivity contribution is -0.135. The highest BCUT2D eigenvalue weighted by Gasteiger charge is 2.31. The fourth-order valence-corrected chi connectivity index (χ4v) is 3.40. The molecular weight excluding hydrogens is 334 g/mol. The lowest BCUT2D eigenvalue weighted by Crippen LogP contribution is -2.57. The van der Waals surface area contributed by atoms with E-state index in [9.17, 15) is 4.79 Å². The predicted molar refractivity (Wildman–Crippen MR) is 86.0 cm³/mol. The molecule has 0 radical (unpaired) electrons. The van der Waals surface area contributed by atoms with Gasteiger partial charge in [-0.25, -0.2) is 0 Å². The highest BCUT2D eigenvalue weighted by atomic mass is 79.9. The predicted octanol–water partition coefficient (Wildman–Crippen LogP) is 0.607. The van der Waals surface area contributed by atoms with Crippen LogP contribution in [-0.2, 0) is 24.8 Å². The Morgan fingerprint density at radius 2 is 2.24 bits per heavy atom.